The summed E-state index contributed by atoms with van der Waals surface area (Å²) in [6.45, 7) is 15.7. The molecule has 1 aromatic rings. The van der Waals surface area contributed by atoms with E-state index in [4.69, 9.17) is 4.74 Å². The first-order chi connectivity index (χ1) is 20.6. The molecule has 2 aliphatic carbocycles. The van der Waals surface area contributed by atoms with Crippen LogP contribution >= 0.6 is 0 Å². The molecule has 13 heteroatoms. The number of hydrogen-bond donors (Lipinski definition) is 4. The molecular weight excluding hydrogens is 600 g/mol. The van der Waals surface area contributed by atoms with Crippen molar-refractivity contribution >= 4 is 33.8 Å². The lowest BCUT2D eigenvalue weighted by Gasteiger charge is -2.36. The maximum atomic E-state index is 14.3. The third-order valence-corrected chi connectivity index (χ3v) is 10.3. The first-order valence-corrected chi connectivity index (χ1v) is 16.8. The van der Waals surface area contributed by atoms with E-state index in [2.05, 4.69) is 21.9 Å². The molecule has 4 amide bonds. The Bertz CT molecular complexity index is 1490. The number of amides is 4. The molecule has 0 unspecified atom stereocenters. The van der Waals surface area contributed by atoms with Crippen LogP contribution in [-0.2, 0) is 34.7 Å². The number of ether oxygens (including phenoxy) is 1. The number of benzene rings is 1. The smallest absolute Gasteiger partial charge is 0.408 e. The Balaban J connectivity index is 1.67. The number of hydrogen-bond acceptors (Lipinski definition) is 8. The number of carbonyl (C=O) groups excluding carboxylic acids is 4. The van der Waals surface area contributed by atoms with Gasteiger partial charge in [-0.1, -0.05) is 56.7 Å². The van der Waals surface area contributed by atoms with E-state index in [1.54, 1.807) is 59.7 Å². The van der Waals surface area contributed by atoms with Crippen LogP contribution in [0.25, 0.3) is 0 Å². The molecule has 45 heavy (non-hydrogen) atoms. The first kappa shape index (κ1) is 34.4. The van der Waals surface area contributed by atoms with Crippen molar-refractivity contribution in [2.24, 2.45) is 11.3 Å². The second-order valence-corrected chi connectivity index (χ2v) is 16.7. The zero-order valence-electron chi connectivity index (χ0n) is 27.1. The topological polar surface area (TPSA) is 171 Å². The molecule has 0 aromatic heterocycles. The van der Waals surface area contributed by atoms with Gasteiger partial charge in [-0.3, -0.25) is 19.1 Å². The highest BCUT2D eigenvalue weighted by atomic mass is 32.2. The molecule has 0 radical (unpaired) electrons. The molecule has 3 fully saturated rings. The molecule has 3 aliphatic rings. The lowest BCUT2D eigenvalue weighted by atomic mass is 9.85. The van der Waals surface area contributed by atoms with E-state index in [-0.39, 0.29) is 19.4 Å². The van der Waals surface area contributed by atoms with Gasteiger partial charge in [-0.2, -0.15) is 0 Å². The number of rotatable bonds is 9. The number of carbonyl (C=O) groups is 4. The predicted octanol–water partition coefficient (Wildman–Crippen LogP) is 2.39. The molecular formula is C32H46N4O8S. The highest BCUT2D eigenvalue weighted by Gasteiger charge is 2.62. The third-order valence-electron chi connectivity index (χ3n) is 8.50. The lowest BCUT2D eigenvalue weighted by Crippen LogP contribution is -2.60. The van der Waals surface area contributed by atoms with Crippen molar-refractivity contribution in [1.82, 2.24) is 20.3 Å². The Kier molecular flexibility index (Phi) is 8.97. The van der Waals surface area contributed by atoms with E-state index in [0.717, 1.165) is 5.56 Å². The Morgan fingerprint density at radius 3 is 2.27 bits per heavy atom. The Hall–Kier alpha value is -3.45. The molecule has 4 N–H and O–H groups in total. The number of aryl methyl sites for hydroxylation is 1. The molecule has 1 aliphatic heterocycles. The van der Waals surface area contributed by atoms with Crippen molar-refractivity contribution in [3.8, 4) is 0 Å². The maximum absolute atomic E-state index is 14.3. The first-order valence-electron chi connectivity index (χ1n) is 15.2. The van der Waals surface area contributed by atoms with Gasteiger partial charge in [0.25, 0.3) is 5.91 Å². The lowest BCUT2D eigenvalue weighted by molar-refractivity contribution is -0.143. The molecule has 4 rings (SSSR count). The summed E-state index contributed by atoms with van der Waals surface area (Å²) < 4.78 is 32.7. The number of likely N-dealkylation sites (tertiary alicyclic amines) is 1. The predicted molar refractivity (Wildman–Crippen MR) is 167 cm³/mol. The summed E-state index contributed by atoms with van der Waals surface area (Å²) in [7, 11) is -3.89. The molecule has 1 aromatic carbocycles. The summed E-state index contributed by atoms with van der Waals surface area (Å²) in [5.74, 6) is -2.76. The van der Waals surface area contributed by atoms with Crippen LogP contribution in [0.3, 0.4) is 0 Å². The van der Waals surface area contributed by atoms with Crippen molar-refractivity contribution < 1.29 is 37.4 Å². The highest BCUT2D eigenvalue weighted by Crippen LogP contribution is 2.46. The summed E-state index contributed by atoms with van der Waals surface area (Å²) in [6, 6.07) is 4.70. The summed E-state index contributed by atoms with van der Waals surface area (Å²) in [5.41, 5.74) is -3.50. The Labute approximate surface area is 265 Å². The van der Waals surface area contributed by atoms with Gasteiger partial charge in [0.1, 0.15) is 28.8 Å². The zero-order valence-corrected chi connectivity index (χ0v) is 27.9. The summed E-state index contributed by atoms with van der Waals surface area (Å²) in [5, 5.41) is 16.7. The number of alkyl carbamates (subject to hydrolysis) is 1. The standard InChI is InChI=1S/C32H46N4O8S/c1-9-20-16-32(20,27(39)35-45(42,43)22-13-14-22)34-25(37)23-17-31(41,21-12-10-11-19(2)15-21)18-36(23)26(38)24(29(3,4)5)33-28(40)44-30(6,7)8/h9-12,15,20,22-24,41H,1,13-14,16-18H2,2-8H3,(H,33,40)(H,34,37)(H,35,39)/t20-,23+,24-,31+,32-/m1/s1. The quantitative estimate of drug-likeness (QED) is 0.296. The molecule has 1 saturated heterocycles. The van der Waals surface area contributed by atoms with Gasteiger partial charge in [0.05, 0.1) is 11.8 Å². The zero-order chi connectivity index (χ0) is 33.8. The number of aliphatic hydroxyl groups is 1. The van der Waals surface area contributed by atoms with Crippen molar-refractivity contribution in [3.63, 3.8) is 0 Å². The number of sulfonamides is 1. The van der Waals surface area contributed by atoms with E-state index in [9.17, 15) is 32.7 Å². The van der Waals surface area contributed by atoms with Crippen LogP contribution in [0.15, 0.2) is 36.9 Å². The number of β-amino-alcohol motifs (C(OH)–C–C–N with tert-alkyl or cyclic N) is 1. The minimum absolute atomic E-state index is 0.127. The summed E-state index contributed by atoms with van der Waals surface area (Å²) >= 11 is 0. The van der Waals surface area contributed by atoms with Crippen LogP contribution in [0, 0.1) is 18.3 Å². The van der Waals surface area contributed by atoms with Gasteiger partial charge in [0, 0.05) is 12.3 Å². The number of nitrogens with one attached hydrogen (secondary N) is 3. The SMILES string of the molecule is C=C[C@@H]1C[C@]1(NC(=O)[C@@H]1C[C@@](O)(c2cccc(C)c2)CN1C(=O)[C@@H](NC(=O)OC(C)(C)C)C(C)(C)C)C(=O)NS(=O)(=O)C1CC1. The van der Waals surface area contributed by atoms with Crippen LogP contribution in [0.4, 0.5) is 4.79 Å². The average molecular weight is 647 g/mol. The summed E-state index contributed by atoms with van der Waals surface area (Å²) in [4.78, 5) is 55.7. The molecule has 2 saturated carbocycles. The molecule has 5 atom stereocenters. The molecule has 12 nitrogen and oxygen atoms in total. The van der Waals surface area contributed by atoms with Crippen molar-refractivity contribution in [1.29, 1.82) is 0 Å². The molecule has 1 heterocycles. The minimum Gasteiger partial charge on any atom is -0.444 e. The average Bonchev–Trinajstić information content (AvgIpc) is 3.82. The van der Waals surface area contributed by atoms with Crippen molar-refractivity contribution in [2.45, 2.75) is 108 Å². The van der Waals surface area contributed by atoms with E-state index < -0.39 is 79.2 Å². The van der Waals surface area contributed by atoms with Crippen molar-refractivity contribution in [2.75, 3.05) is 6.54 Å². The molecule has 248 valence electrons. The van der Waals surface area contributed by atoms with Gasteiger partial charge in [0.2, 0.25) is 21.8 Å². The Morgan fingerprint density at radius 1 is 1.11 bits per heavy atom. The van der Waals surface area contributed by atoms with E-state index in [1.807, 2.05) is 13.0 Å². The fourth-order valence-electron chi connectivity index (χ4n) is 5.76. The second-order valence-electron chi connectivity index (χ2n) is 14.7. The van der Waals surface area contributed by atoms with Crippen LogP contribution in [-0.4, -0.2) is 77.3 Å². The maximum Gasteiger partial charge on any atom is 0.408 e. The van der Waals surface area contributed by atoms with Gasteiger partial charge in [-0.05, 0) is 57.9 Å². The minimum atomic E-state index is -3.89. The Morgan fingerprint density at radius 2 is 1.76 bits per heavy atom. The highest BCUT2D eigenvalue weighted by molar-refractivity contribution is 7.91. The normalized spacial score (nSPS) is 27.2. The summed E-state index contributed by atoms with van der Waals surface area (Å²) in [6.07, 6.45) is 1.50. The van der Waals surface area contributed by atoms with Gasteiger partial charge < -0.3 is 25.4 Å². The van der Waals surface area contributed by atoms with Gasteiger partial charge in [0.15, 0.2) is 0 Å². The van der Waals surface area contributed by atoms with Crippen LogP contribution in [0.1, 0.15) is 78.4 Å². The van der Waals surface area contributed by atoms with Crippen LogP contribution in [0.2, 0.25) is 0 Å². The fourth-order valence-corrected chi connectivity index (χ4v) is 7.12. The third kappa shape index (κ3) is 7.51. The monoisotopic (exact) mass is 646 g/mol. The van der Waals surface area contributed by atoms with Crippen molar-refractivity contribution in [3.05, 3.63) is 48.0 Å². The van der Waals surface area contributed by atoms with Gasteiger partial charge >= 0.3 is 6.09 Å². The second kappa shape index (κ2) is 11.7. The van der Waals surface area contributed by atoms with E-state index in [0.29, 0.717) is 18.4 Å². The van der Waals surface area contributed by atoms with E-state index in [1.165, 1.54) is 11.0 Å². The fraction of sp³-hybridized carbons (Fsp3) is 0.625. The molecule has 0 bridgehead atoms. The van der Waals surface area contributed by atoms with Crippen LogP contribution < -0.4 is 15.4 Å². The molecule has 0 spiro atoms. The van der Waals surface area contributed by atoms with E-state index >= 15 is 0 Å². The van der Waals surface area contributed by atoms with Crippen LogP contribution in [0.5, 0.6) is 0 Å². The largest absolute Gasteiger partial charge is 0.444 e. The number of nitrogens with zero attached hydrogens (tertiary/aromatic N) is 1. The van der Waals surface area contributed by atoms with Gasteiger partial charge in [-0.25, -0.2) is 13.2 Å². The van der Waals surface area contributed by atoms with Gasteiger partial charge in [-0.15, -0.1) is 6.58 Å².